The van der Waals surface area contributed by atoms with Crippen molar-refractivity contribution < 1.29 is 14.7 Å². The monoisotopic (exact) mass is 550 g/mol. The maximum atomic E-state index is 13.0. The number of aliphatic imine (C=N–C) groups is 1. The average molecular weight is 551 g/mol. The third-order valence-electron chi connectivity index (χ3n) is 8.15. The van der Waals surface area contributed by atoms with Gasteiger partial charge in [-0.1, -0.05) is 39.0 Å². The van der Waals surface area contributed by atoms with Gasteiger partial charge in [-0.2, -0.15) is 5.48 Å². The number of H-pyrrole nitrogens is 1. The molecular formula is C31H46N6O3. The van der Waals surface area contributed by atoms with Crippen molar-refractivity contribution in [3.63, 3.8) is 0 Å². The minimum Gasteiger partial charge on any atom is -0.383 e. The summed E-state index contributed by atoms with van der Waals surface area (Å²) < 4.78 is 5.19. The Morgan fingerprint density at radius 3 is 2.83 bits per heavy atom. The fourth-order valence-electron chi connectivity index (χ4n) is 5.59. The van der Waals surface area contributed by atoms with Crippen molar-refractivity contribution in [3.8, 4) is 11.3 Å². The van der Waals surface area contributed by atoms with Gasteiger partial charge >= 0.3 is 0 Å². The van der Waals surface area contributed by atoms with Crippen LogP contribution in [0, 0.1) is 5.92 Å². The van der Waals surface area contributed by atoms with Crippen LogP contribution in [0.4, 0.5) is 0 Å². The lowest BCUT2D eigenvalue weighted by Gasteiger charge is -2.32. The van der Waals surface area contributed by atoms with Crippen LogP contribution < -0.4 is 10.8 Å². The highest BCUT2D eigenvalue weighted by molar-refractivity contribution is 5.78. The summed E-state index contributed by atoms with van der Waals surface area (Å²) in [6.07, 6.45) is 10.9. The third-order valence-corrected chi connectivity index (χ3v) is 8.15. The molecule has 1 saturated heterocycles. The van der Waals surface area contributed by atoms with E-state index in [9.17, 15) is 10.0 Å². The molecule has 1 aromatic carbocycles. The Bertz CT molecular complexity index is 1180. The largest absolute Gasteiger partial charge is 0.383 e. The predicted molar refractivity (Wildman–Crippen MR) is 159 cm³/mol. The van der Waals surface area contributed by atoms with Gasteiger partial charge in [-0.05, 0) is 62.4 Å². The van der Waals surface area contributed by atoms with Crippen LogP contribution in [0.3, 0.4) is 0 Å². The van der Waals surface area contributed by atoms with Gasteiger partial charge < -0.3 is 25.1 Å². The van der Waals surface area contributed by atoms with Gasteiger partial charge in [0.2, 0.25) is 5.91 Å². The van der Waals surface area contributed by atoms with E-state index in [1.165, 1.54) is 5.56 Å². The summed E-state index contributed by atoms with van der Waals surface area (Å²) in [7, 11) is 1.72. The highest BCUT2D eigenvalue weighted by atomic mass is 16.5. The fourth-order valence-corrected chi connectivity index (χ4v) is 5.59. The van der Waals surface area contributed by atoms with E-state index in [0.29, 0.717) is 13.0 Å². The number of aryl methyl sites for hydroxylation is 1. The number of amides is 1. The first-order chi connectivity index (χ1) is 19.4. The molecule has 1 atom stereocenters. The smallest absolute Gasteiger partial charge is 0.223 e. The number of hydrogen-bond donors (Lipinski definition) is 4. The molecular weight excluding hydrogens is 504 g/mol. The van der Waals surface area contributed by atoms with Crippen molar-refractivity contribution in [3.05, 3.63) is 53.1 Å². The van der Waals surface area contributed by atoms with Crippen LogP contribution in [0.5, 0.6) is 0 Å². The molecule has 1 aliphatic carbocycles. The van der Waals surface area contributed by atoms with Crippen LogP contribution in [-0.2, 0) is 27.8 Å². The number of aromatic amines is 1. The first-order valence-electron chi connectivity index (χ1n) is 14.6. The Morgan fingerprint density at radius 2 is 2.10 bits per heavy atom. The molecule has 1 unspecified atom stereocenters. The summed E-state index contributed by atoms with van der Waals surface area (Å²) in [5, 5.41) is 12.7. The number of allylic oxidation sites excluding steroid dienone is 1. The second-order valence-corrected chi connectivity index (χ2v) is 11.6. The van der Waals surface area contributed by atoms with E-state index in [2.05, 4.69) is 64.6 Å². The zero-order valence-electron chi connectivity index (χ0n) is 24.5. The number of nitrogens with one attached hydrogen (secondary N) is 3. The van der Waals surface area contributed by atoms with Crippen molar-refractivity contribution in [1.29, 1.82) is 0 Å². The molecule has 4 N–H and O–H groups in total. The number of likely N-dealkylation sites (tertiary alicyclic amines) is 1. The molecule has 4 rings (SSSR count). The number of carbonyl (C=O) groups excluding carboxylic acids is 1. The van der Waals surface area contributed by atoms with Gasteiger partial charge in [0.15, 0.2) is 0 Å². The topological polar surface area (TPSA) is 115 Å². The lowest BCUT2D eigenvalue weighted by Crippen LogP contribution is -2.44. The number of hydroxylamine groups is 1. The quantitative estimate of drug-likeness (QED) is 0.218. The van der Waals surface area contributed by atoms with Crippen molar-refractivity contribution in [2.24, 2.45) is 10.9 Å². The van der Waals surface area contributed by atoms with Crippen LogP contribution >= 0.6 is 0 Å². The Labute approximate surface area is 238 Å². The summed E-state index contributed by atoms with van der Waals surface area (Å²) in [5.41, 5.74) is 7.43. The van der Waals surface area contributed by atoms with Crippen LogP contribution in [0.2, 0.25) is 0 Å². The van der Waals surface area contributed by atoms with E-state index in [-0.39, 0.29) is 23.3 Å². The van der Waals surface area contributed by atoms with Crippen molar-refractivity contribution in [1.82, 2.24) is 25.7 Å². The Hall–Kier alpha value is -2.85. The molecule has 2 heterocycles. The minimum absolute atomic E-state index is 0.0160. The number of ether oxygens (including phenoxy) is 1. The third kappa shape index (κ3) is 7.46. The highest BCUT2D eigenvalue weighted by Crippen LogP contribution is 2.35. The SMILES string of the molecule is CCC=N/C=C\Cc1[nH]c(C(C)(C)CNC(=O)C2CCN(CCOC)CC2)nc1-c1ccc2c(c1)CCC2NO. The normalized spacial score (nSPS) is 18.7. The number of fused-ring (bicyclic) bond motifs is 1. The number of carbonyl (C=O) groups is 1. The van der Waals surface area contributed by atoms with Gasteiger partial charge in [0.1, 0.15) is 5.82 Å². The van der Waals surface area contributed by atoms with Crippen LogP contribution in [0.15, 0.2) is 35.5 Å². The number of methoxy groups -OCH3 is 1. The molecule has 9 heteroatoms. The van der Waals surface area contributed by atoms with Crippen LogP contribution in [-0.4, -0.2) is 72.1 Å². The molecule has 9 nitrogen and oxygen atoms in total. The summed E-state index contributed by atoms with van der Waals surface area (Å²) in [5.74, 6) is 1.04. The van der Waals surface area contributed by atoms with E-state index in [0.717, 1.165) is 86.7 Å². The second kappa shape index (κ2) is 14.2. The zero-order valence-corrected chi connectivity index (χ0v) is 24.5. The number of rotatable bonds is 13. The van der Waals surface area contributed by atoms with Crippen LogP contribution in [0.25, 0.3) is 11.3 Å². The van der Waals surface area contributed by atoms with Gasteiger partial charge in [-0.25, -0.2) is 4.98 Å². The molecule has 0 bridgehead atoms. The predicted octanol–water partition coefficient (Wildman–Crippen LogP) is 4.33. The summed E-state index contributed by atoms with van der Waals surface area (Å²) in [4.78, 5) is 28.4. The second-order valence-electron chi connectivity index (χ2n) is 11.6. The number of benzene rings is 1. The first-order valence-corrected chi connectivity index (χ1v) is 14.6. The van der Waals surface area contributed by atoms with E-state index in [1.54, 1.807) is 7.11 Å². The van der Waals surface area contributed by atoms with Gasteiger partial charge in [0.25, 0.3) is 0 Å². The molecule has 1 fully saturated rings. The van der Waals surface area contributed by atoms with Crippen LogP contribution in [0.1, 0.15) is 75.1 Å². The molecule has 0 radical (unpaired) electrons. The Morgan fingerprint density at radius 1 is 1.30 bits per heavy atom. The van der Waals surface area contributed by atoms with E-state index < -0.39 is 0 Å². The van der Waals surface area contributed by atoms with Crippen molar-refractivity contribution in [2.75, 3.05) is 39.9 Å². The molecule has 2 aliphatic rings. The minimum atomic E-state index is -0.380. The van der Waals surface area contributed by atoms with Gasteiger partial charge in [0.05, 0.1) is 18.3 Å². The molecule has 0 saturated carbocycles. The lowest BCUT2D eigenvalue weighted by molar-refractivity contribution is -0.126. The molecule has 40 heavy (non-hydrogen) atoms. The number of hydrogen-bond acceptors (Lipinski definition) is 7. The van der Waals surface area contributed by atoms with E-state index in [1.807, 2.05) is 18.5 Å². The summed E-state index contributed by atoms with van der Waals surface area (Å²) in [6.45, 7) is 10.3. The summed E-state index contributed by atoms with van der Waals surface area (Å²) in [6, 6.07) is 6.36. The van der Waals surface area contributed by atoms with Crippen molar-refractivity contribution in [2.45, 2.75) is 70.8 Å². The lowest BCUT2D eigenvalue weighted by atomic mass is 9.91. The molecule has 2 aromatic rings. The molecule has 1 amide bonds. The molecule has 218 valence electrons. The first kappa shape index (κ1) is 30.1. The number of piperidine rings is 1. The molecule has 1 aliphatic heterocycles. The number of imidazole rings is 1. The zero-order chi connectivity index (χ0) is 28.5. The maximum Gasteiger partial charge on any atom is 0.223 e. The Kier molecular flexibility index (Phi) is 10.7. The number of nitrogens with zero attached hydrogens (tertiary/aromatic N) is 3. The van der Waals surface area contributed by atoms with Crippen molar-refractivity contribution >= 4 is 12.1 Å². The van der Waals surface area contributed by atoms with E-state index in [4.69, 9.17) is 9.72 Å². The van der Waals surface area contributed by atoms with Gasteiger partial charge in [-0.15, -0.1) is 0 Å². The summed E-state index contributed by atoms with van der Waals surface area (Å²) >= 11 is 0. The average Bonchev–Trinajstić information content (AvgIpc) is 3.59. The van der Waals surface area contributed by atoms with E-state index >= 15 is 0 Å². The standard InChI is InChI=1S/C31H46N6O3/c1-5-14-32-15-6-7-27-28(24-8-10-25-23(20-24)9-11-26(25)36-39)35-30(34-27)31(2,3)21-33-29(38)22-12-16-37(17-13-22)18-19-40-4/h6,8,10,14-15,20,22,26,36,39H,5,7,9,11-13,16-19,21H2,1-4H3,(H,33,38)(H,34,35)/b15-6-,32-14?. The fraction of sp³-hybridized carbons (Fsp3) is 0.581. The maximum absolute atomic E-state index is 13.0. The molecule has 1 aromatic heterocycles. The van der Waals surface area contributed by atoms with Gasteiger partial charge in [0, 0.05) is 61.6 Å². The highest BCUT2D eigenvalue weighted by Gasteiger charge is 2.30. The Balaban J connectivity index is 1.48. The number of aromatic nitrogens is 2. The molecule has 0 spiro atoms. The van der Waals surface area contributed by atoms with Gasteiger partial charge in [-0.3, -0.25) is 9.79 Å².